The van der Waals surface area contributed by atoms with Gasteiger partial charge in [0.05, 0.1) is 17.1 Å². The van der Waals surface area contributed by atoms with Crippen LogP contribution in [0.4, 0.5) is 11.4 Å². The first-order valence-electron chi connectivity index (χ1n) is 18.6. The number of rotatable bonds is 26. The molecule has 2 aromatic carbocycles. The Balaban J connectivity index is 0.0000101. The zero-order valence-electron chi connectivity index (χ0n) is 29.0. The minimum absolute atomic E-state index is 0. The van der Waals surface area contributed by atoms with Crippen molar-refractivity contribution in [1.29, 1.82) is 0 Å². The smallest absolute Gasteiger partial charge is 0.135 e. The number of para-hydroxylation sites is 2. The van der Waals surface area contributed by atoms with E-state index in [2.05, 4.69) is 37.8 Å². The minimum atomic E-state index is 0. The molecule has 0 fully saturated rings. The van der Waals surface area contributed by atoms with Gasteiger partial charge in [-0.05, 0) is 49.4 Å². The van der Waals surface area contributed by atoms with Crippen molar-refractivity contribution in [1.82, 2.24) is 0 Å². The number of nitrogens with zero attached hydrogens (tertiary/aromatic N) is 2. The van der Waals surface area contributed by atoms with Crippen molar-refractivity contribution >= 4 is 22.8 Å². The van der Waals surface area contributed by atoms with Crippen LogP contribution in [0.25, 0.3) is 0 Å². The molecule has 0 aliphatic heterocycles. The largest absolute Gasteiger partial charge is 0.251 e. The molecule has 0 spiro atoms. The van der Waals surface area contributed by atoms with Crippen molar-refractivity contribution in [2.75, 3.05) is 0 Å². The third kappa shape index (κ3) is 22.9. The Bertz CT molecular complexity index is 1050. The summed E-state index contributed by atoms with van der Waals surface area (Å²) < 4.78 is 0. The molecular weight excluding hydrogens is 591 g/mol. The van der Waals surface area contributed by atoms with E-state index >= 15 is 0 Å². The Hall–Kier alpha value is -2.17. The second-order valence-corrected chi connectivity index (χ2v) is 12.6. The summed E-state index contributed by atoms with van der Waals surface area (Å²) in [6.45, 7) is 4.52. The molecule has 45 heavy (non-hydrogen) atoms. The molecule has 3 heteroatoms. The number of benzene rings is 2. The van der Waals surface area contributed by atoms with Crippen LogP contribution in [-0.4, -0.2) is 11.4 Å². The van der Waals surface area contributed by atoms with Crippen LogP contribution in [0.5, 0.6) is 0 Å². The third-order valence-electron chi connectivity index (χ3n) is 8.42. The van der Waals surface area contributed by atoms with Gasteiger partial charge < -0.3 is 0 Å². The Kier molecular flexibility index (Phi) is 27.7. The van der Waals surface area contributed by atoms with Crippen LogP contribution >= 0.6 is 0 Å². The molecule has 252 valence electrons. The summed E-state index contributed by atoms with van der Waals surface area (Å²) in [4.78, 5) is 9.93. The zero-order valence-corrected chi connectivity index (χ0v) is 29.9. The molecule has 2 rings (SSSR count). The first kappa shape index (κ1) is 40.9. The van der Waals surface area contributed by atoms with Gasteiger partial charge in [-0.3, -0.25) is 4.99 Å². The van der Waals surface area contributed by atoms with Crippen molar-refractivity contribution in [2.24, 2.45) is 9.98 Å². The topological polar surface area (TPSA) is 24.7 Å². The first-order valence-corrected chi connectivity index (χ1v) is 18.6. The molecule has 0 aliphatic rings. The van der Waals surface area contributed by atoms with Gasteiger partial charge in [-0.15, -0.1) is 0 Å². The van der Waals surface area contributed by atoms with Gasteiger partial charge in [0, 0.05) is 22.9 Å². The number of unbranched alkanes of at least 4 members (excludes halogenated alkanes) is 21. The SMILES string of the molecule is CCCCCCCCCCCCCCCCCCCCCCC#CC(=Nc1ccccc1)C(CCCC)=Nc1ccccc1.[Ni]. The van der Waals surface area contributed by atoms with Crippen LogP contribution in [0.2, 0.25) is 0 Å². The summed E-state index contributed by atoms with van der Waals surface area (Å²) in [5.41, 5.74) is 3.72. The average Bonchev–Trinajstić information content (AvgIpc) is 3.06. The molecule has 0 aliphatic carbocycles. The van der Waals surface area contributed by atoms with Gasteiger partial charge in [-0.2, -0.15) is 0 Å². The van der Waals surface area contributed by atoms with Crippen molar-refractivity contribution in [2.45, 2.75) is 168 Å². The van der Waals surface area contributed by atoms with E-state index in [4.69, 9.17) is 9.98 Å². The molecule has 0 saturated heterocycles. The standard InChI is InChI=1S/C42H64N2.Ni/c1-3-5-7-8-9-10-11-12-13-14-15-16-17-18-19-20-21-22-23-24-25-32-38-42(44-40-35-30-27-31-36-40)41(37-6-4-2)43-39-33-28-26-29-34-39;/h26-31,33-36H,3-25,37H2,1-2H3;. The fourth-order valence-corrected chi connectivity index (χ4v) is 5.64. The van der Waals surface area contributed by atoms with Crippen LogP contribution in [0, 0.1) is 11.8 Å². The van der Waals surface area contributed by atoms with Gasteiger partial charge in [-0.25, -0.2) is 4.99 Å². The summed E-state index contributed by atoms with van der Waals surface area (Å²) in [5, 5.41) is 0. The maximum absolute atomic E-state index is 4.98. The summed E-state index contributed by atoms with van der Waals surface area (Å²) in [6, 6.07) is 20.4. The van der Waals surface area contributed by atoms with Gasteiger partial charge in [0.2, 0.25) is 0 Å². The van der Waals surface area contributed by atoms with Crippen molar-refractivity contribution < 1.29 is 16.5 Å². The molecule has 0 atom stereocenters. The van der Waals surface area contributed by atoms with Gasteiger partial charge in [0.1, 0.15) is 5.71 Å². The van der Waals surface area contributed by atoms with Crippen LogP contribution in [0.15, 0.2) is 70.6 Å². The molecule has 0 amide bonds. The zero-order chi connectivity index (χ0) is 31.2. The maximum Gasteiger partial charge on any atom is 0.135 e. The maximum atomic E-state index is 4.98. The van der Waals surface area contributed by atoms with E-state index in [1.807, 2.05) is 48.5 Å². The molecular formula is C42H64N2Ni. The van der Waals surface area contributed by atoms with Crippen LogP contribution in [0.1, 0.15) is 168 Å². The van der Waals surface area contributed by atoms with Gasteiger partial charge in [0.15, 0.2) is 0 Å². The molecule has 0 heterocycles. The summed E-state index contributed by atoms with van der Waals surface area (Å²) >= 11 is 0. The van der Waals surface area contributed by atoms with Crippen molar-refractivity contribution in [3.8, 4) is 11.8 Å². The van der Waals surface area contributed by atoms with Crippen LogP contribution in [0.3, 0.4) is 0 Å². The van der Waals surface area contributed by atoms with E-state index < -0.39 is 0 Å². The van der Waals surface area contributed by atoms with Crippen molar-refractivity contribution in [3.63, 3.8) is 0 Å². The van der Waals surface area contributed by atoms with E-state index in [0.29, 0.717) is 0 Å². The number of hydrogen-bond donors (Lipinski definition) is 0. The van der Waals surface area contributed by atoms with E-state index in [1.54, 1.807) is 0 Å². The Labute approximate surface area is 288 Å². The Morgan fingerprint density at radius 2 is 0.844 bits per heavy atom. The molecule has 0 saturated carbocycles. The van der Waals surface area contributed by atoms with E-state index in [9.17, 15) is 0 Å². The van der Waals surface area contributed by atoms with Crippen LogP contribution in [-0.2, 0) is 16.5 Å². The monoisotopic (exact) mass is 654 g/mol. The molecule has 0 aromatic heterocycles. The number of aliphatic imine (C=N–C) groups is 2. The minimum Gasteiger partial charge on any atom is -0.251 e. The van der Waals surface area contributed by atoms with Gasteiger partial charge in [-0.1, -0.05) is 185 Å². The van der Waals surface area contributed by atoms with Gasteiger partial charge in [0.25, 0.3) is 0 Å². The molecule has 2 nitrogen and oxygen atoms in total. The molecule has 0 radical (unpaired) electrons. The van der Waals surface area contributed by atoms with Crippen LogP contribution < -0.4 is 0 Å². The summed E-state index contributed by atoms with van der Waals surface area (Å²) in [5.74, 6) is 6.87. The third-order valence-corrected chi connectivity index (χ3v) is 8.42. The Morgan fingerprint density at radius 3 is 1.27 bits per heavy atom. The predicted molar refractivity (Wildman–Crippen MR) is 197 cm³/mol. The second-order valence-electron chi connectivity index (χ2n) is 12.6. The molecule has 0 unspecified atom stereocenters. The van der Waals surface area contributed by atoms with E-state index in [1.165, 1.54) is 128 Å². The summed E-state index contributed by atoms with van der Waals surface area (Å²) in [7, 11) is 0. The summed E-state index contributed by atoms with van der Waals surface area (Å²) in [6.07, 6.45) is 32.2. The fourth-order valence-electron chi connectivity index (χ4n) is 5.64. The molecule has 0 bridgehead atoms. The Morgan fingerprint density at radius 1 is 0.467 bits per heavy atom. The fraction of sp³-hybridized carbons (Fsp3) is 0.619. The molecule has 0 N–H and O–H groups in total. The van der Waals surface area contributed by atoms with Gasteiger partial charge >= 0.3 is 0 Å². The number of hydrogen-bond acceptors (Lipinski definition) is 2. The second kappa shape index (κ2) is 30.5. The quantitative estimate of drug-likeness (QED) is 0.0417. The average molecular weight is 656 g/mol. The van der Waals surface area contributed by atoms with Crippen molar-refractivity contribution in [3.05, 3.63) is 60.7 Å². The van der Waals surface area contributed by atoms with E-state index in [-0.39, 0.29) is 16.5 Å². The normalized spacial score (nSPS) is 11.6. The molecule has 2 aromatic rings. The first-order chi connectivity index (χ1) is 21.8. The predicted octanol–water partition coefficient (Wildman–Crippen LogP) is 13.9. The van der Waals surface area contributed by atoms with E-state index in [0.717, 1.165) is 48.5 Å².